The van der Waals surface area contributed by atoms with Crippen LogP contribution in [0.2, 0.25) is 0 Å². The fourth-order valence-electron chi connectivity index (χ4n) is 6.86. The van der Waals surface area contributed by atoms with Crippen LogP contribution in [0, 0.1) is 25.2 Å². The minimum atomic E-state index is -4.02. The van der Waals surface area contributed by atoms with E-state index in [1.54, 1.807) is 65.8 Å². The molecule has 2 aliphatic rings. The molecule has 0 spiro atoms. The number of amides is 1. The number of fused-ring (bicyclic) bond motifs is 1. The number of carbonyl (C=O) groups excluding carboxylic acids is 1. The van der Waals surface area contributed by atoms with E-state index in [0.717, 1.165) is 54.1 Å². The van der Waals surface area contributed by atoms with Crippen LogP contribution >= 0.6 is 0 Å². The third kappa shape index (κ3) is 6.14. The summed E-state index contributed by atoms with van der Waals surface area (Å²) in [6.45, 7) is 8.34. The number of pyridine rings is 1. The number of aliphatic hydroxyl groups excluding tert-OH is 2. The minimum absolute atomic E-state index is 0.119. The van der Waals surface area contributed by atoms with E-state index in [-0.39, 0.29) is 23.1 Å². The maximum atomic E-state index is 14.0. The first kappa shape index (κ1) is 33.4. The molecule has 2 saturated heterocycles. The van der Waals surface area contributed by atoms with E-state index in [4.69, 9.17) is 4.98 Å². The lowest BCUT2D eigenvalue weighted by Crippen LogP contribution is -2.53. The van der Waals surface area contributed by atoms with Crippen molar-refractivity contribution in [3.8, 4) is 28.3 Å². The molecule has 0 saturated carbocycles. The van der Waals surface area contributed by atoms with E-state index in [9.17, 15) is 28.7 Å². The summed E-state index contributed by atoms with van der Waals surface area (Å²) in [6, 6.07) is 21.9. The summed E-state index contributed by atoms with van der Waals surface area (Å²) in [5.74, 6) is -0.172. The van der Waals surface area contributed by atoms with Crippen LogP contribution in [0.15, 0.2) is 84.0 Å². The molecule has 0 radical (unpaired) electrons. The summed E-state index contributed by atoms with van der Waals surface area (Å²) >= 11 is 0. The fourth-order valence-corrected chi connectivity index (χ4v) is 8.18. The quantitative estimate of drug-likeness (QED) is 0.247. The Morgan fingerprint density at radius 2 is 1.64 bits per heavy atom. The van der Waals surface area contributed by atoms with Crippen LogP contribution in [0.5, 0.6) is 0 Å². The molecule has 1 amide bonds. The van der Waals surface area contributed by atoms with Crippen molar-refractivity contribution in [1.29, 1.82) is 5.26 Å². The van der Waals surface area contributed by atoms with Crippen LogP contribution in [-0.2, 0) is 10.0 Å². The number of benzene rings is 3. The zero-order valence-corrected chi connectivity index (χ0v) is 28.8. The van der Waals surface area contributed by atoms with Gasteiger partial charge in [0.15, 0.2) is 5.65 Å². The molecular formula is C38H38N6O5S. The normalized spacial score (nSPS) is 15.7. The number of nitrogens with zero attached hydrogens (tertiary/aromatic N) is 6. The van der Waals surface area contributed by atoms with Gasteiger partial charge in [-0.25, -0.2) is 17.4 Å². The number of aromatic nitrogens is 2. The number of hydrogen-bond donors (Lipinski definition) is 2. The maximum absolute atomic E-state index is 14.0. The van der Waals surface area contributed by atoms with Gasteiger partial charge in [0.25, 0.3) is 15.9 Å². The van der Waals surface area contributed by atoms with E-state index in [1.807, 2.05) is 32.0 Å². The van der Waals surface area contributed by atoms with Crippen molar-refractivity contribution in [3.63, 3.8) is 0 Å². The second-order valence-electron chi connectivity index (χ2n) is 13.0. The molecule has 0 bridgehead atoms. The molecule has 0 unspecified atom stereocenters. The number of likely N-dealkylation sites (tertiary alicyclic amines) is 1. The largest absolute Gasteiger partial charge is 0.395 e. The van der Waals surface area contributed by atoms with Crippen molar-refractivity contribution in [2.24, 2.45) is 0 Å². The van der Waals surface area contributed by atoms with Gasteiger partial charge in [0.2, 0.25) is 0 Å². The highest BCUT2D eigenvalue weighted by Crippen LogP contribution is 2.37. The second kappa shape index (κ2) is 13.3. The number of aliphatic hydroxyl groups is 2. The summed E-state index contributed by atoms with van der Waals surface area (Å²) in [4.78, 5) is 23.7. The molecule has 2 aliphatic heterocycles. The SMILES string of the molecule is Cc1ccc(S(=O)(=O)n2cc(-c3ccc(C(=O)N4CC(O)C4)cc3)c3cc(-c4cc(C)c(N5CCN(CCO)CC5)c(C#N)c4)cnc32)cc1. The van der Waals surface area contributed by atoms with Crippen molar-refractivity contribution in [2.75, 3.05) is 57.3 Å². The zero-order valence-electron chi connectivity index (χ0n) is 28.0. The molecule has 2 fully saturated rings. The summed E-state index contributed by atoms with van der Waals surface area (Å²) in [7, 11) is -4.02. The van der Waals surface area contributed by atoms with Gasteiger partial charge in [-0.05, 0) is 73.0 Å². The molecule has 50 heavy (non-hydrogen) atoms. The summed E-state index contributed by atoms with van der Waals surface area (Å²) in [5.41, 5.74) is 6.91. The van der Waals surface area contributed by atoms with E-state index in [1.165, 1.54) is 3.97 Å². The number of carbonyl (C=O) groups is 1. The van der Waals surface area contributed by atoms with Crippen molar-refractivity contribution in [3.05, 3.63) is 101 Å². The number of hydrogen-bond acceptors (Lipinski definition) is 9. The van der Waals surface area contributed by atoms with E-state index >= 15 is 0 Å². The summed E-state index contributed by atoms with van der Waals surface area (Å²) < 4.78 is 29.2. The number of nitriles is 1. The Kier molecular flexibility index (Phi) is 8.92. The van der Waals surface area contributed by atoms with Crippen LogP contribution in [0.1, 0.15) is 27.0 Å². The molecule has 5 aromatic rings. The third-order valence-electron chi connectivity index (χ3n) is 9.64. The molecule has 0 aliphatic carbocycles. The third-order valence-corrected chi connectivity index (χ3v) is 11.3. The topological polar surface area (TPSA) is 143 Å². The van der Waals surface area contributed by atoms with Gasteiger partial charge in [0.05, 0.1) is 28.9 Å². The highest BCUT2D eigenvalue weighted by molar-refractivity contribution is 7.90. The molecule has 256 valence electrons. The first-order chi connectivity index (χ1) is 24.1. The number of aryl methyl sites for hydroxylation is 2. The van der Waals surface area contributed by atoms with Crippen LogP contribution in [0.25, 0.3) is 33.3 Å². The minimum Gasteiger partial charge on any atom is -0.395 e. The van der Waals surface area contributed by atoms with Crippen molar-refractivity contribution in [2.45, 2.75) is 24.8 Å². The van der Waals surface area contributed by atoms with Gasteiger partial charge < -0.3 is 20.0 Å². The van der Waals surface area contributed by atoms with Gasteiger partial charge in [-0.1, -0.05) is 29.8 Å². The maximum Gasteiger partial charge on any atom is 0.269 e. The Bertz CT molecular complexity index is 2230. The summed E-state index contributed by atoms with van der Waals surface area (Å²) in [6.07, 6.45) is 2.71. The summed E-state index contributed by atoms with van der Waals surface area (Å²) in [5, 5.41) is 29.8. The van der Waals surface area contributed by atoms with Gasteiger partial charge in [0, 0.05) is 80.3 Å². The van der Waals surface area contributed by atoms with Gasteiger partial charge in [-0.15, -0.1) is 0 Å². The van der Waals surface area contributed by atoms with E-state index in [2.05, 4.69) is 15.9 Å². The van der Waals surface area contributed by atoms with Crippen LogP contribution in [0.4, 0.5) is 5.69 Å². The van der Waals surface area contributed by atoms with Gasteiger partial charge in [-0.3, -0.25) is 9.69 Å². The smallest absolute Gasteiger partial charge is 0.269 e. The molecule has 2 aromatic heterocycles. The van der Waals surface area contributed by atoms with Gasteiger partial charge in [-0.2, -0.15) is 5.26 Å². The van der Waals surface area contributed by atoms with Crippen molar-refractivity contribution < 1.29 is 23.4 Å². The highest BCUT2D eigenvalue weighted by Gasteiger charge is 2.30. The molecular weight excluding hydrogens is 653 g/mol. The monoisotopic (exact) mass is 690 g/mol. The number of β-amino-alcohol motifs (C(OH)–C–C–N with tert-alkyl or cyclic N) is 2. The lowest BCUT2D eigenvalue weighted by molar-refractivity contribution is 0.00589. The number of rotatable bonds is 8. The first-order valence-electron chi connectivity index (χ1n) is 16.6. The van der Waals surface area contributed by atoms with Crippen LogP contribution < -0.4 is 4.90 Å². The molecule has 12 heteroatoms. The van der Waals surface area contributed by atoms with Crippen molar-refractivity contribution >= 4 is 32.7 Å². The predicted octanol–water partition coefficient (Wildman–Crippen LogP) is 4.03. The molecule has 3 aromatic carbocycles. The Balaban J connectivity index is 1.30. The van der Waals surface area contributed by atoms with Gasteiger partial charge in [0.1, 0.15) is 6.07 Å². The number of piperazine rings is 1. The molecule has 4 heterocycles. The Morgan fingerprint density at radius 3 is 2.28 bits per heavy atom. The second-order valence-corrected chi connectivity index (χ2v) is 14.9. The predicted molar refractivity (Wildman–Crippen MR) is 191 cm³/mol. The van der Waals surface area contributed by atoms with Crippen LogP contribution in [-0.4, -0.2) is 102 Å². The van der Waals surface area contributed by atoms with Gasteiger partial charge >= 0.3 is 0 Å². The lowest BCUT2D eigenvalue weighted by Gasteiger charge is -2.37. The number of anilines is 1. The Labute approximate surface area is 291 Å². The Morgan fingerprint density at radius 1 is 0.940 bits per heavy atom. The average Bonchev–Trinajstić information content (AvgIpc) is 3.50. The molecule has 2 N–H and O–H groups in total. The van der Waals surface area contributed by atoms with E-state index in [0.29, 0.717) is 47.3 Å². The molecule has 0 atom stereocenters. The first-order valence-corrected chi connectivity index (χ1v) is 18.1. The van der Waals surface area contributed by atoms with Crippen molar-refractivity contribution in [1.82, 2.24) is 18.8 Å². The zero-order chi connectivity index (χ0) is 35.2. The van der Waals surface area contributed by atoms with Crippen LogP contribution in [0.3, 0.4) is 0 Å². The standard InChI is InChI=1S/C38H38N6O5S/c1-25-3-9-33(10-4-25)50(48,49)44-24-35(27-5-7-28(8-6-27)38(47)43-22-32(46)23-43)34-19-31(21-40-37(34)44)29-17-26(2)36(30(18-29)20-39)42-13-11-41(12-14-42)15-16-45/h3-10,17-19,21,24,32,45-46H,11-16,22-23H2,1-2H3. The van der Waals surface area contributed by atoms with E-state index < -0.39 is 16.1 Å². The highest BCUT2D eigenvalue weighted by atomic mass is 32.2. The lowest BCUT2D eigenvalue weighted by atomic mass is 9.97. The molecule has 7 rings (SSSR count). The average molecular weight is 691 g/mol. The Hall–Kier alpha value is -5.06. The molecule has 11 nitrogen and oxygen atoms in total. The fraction of sp³-hybridized carbons (Fsp3) is 0.289.